The first-order valence-electron chi connectivity index (χ1n) is 8.82. The van der Waals surface area contributed by atoms with Crippen LogP contribution in [0.15, 0.2) is 30.5 Å². The highest BCUT2D eigenvalue weighted by molar-refractivity contribution is 6.32. The summed E-state index contributed by atoms with van der Waals surface area (Å²) in [5.41, 5.74) is 9.79. The number of rotatable bonds is 2. The molecule has 0 bridgehead atoms. The van der Waals surface area contributed by atoms with Gasteiger partial charge in [0.15, 0.2) is 0 Å². The number of urea groups is 1. The number of benzene rings is 1. The number of carbonyl (C=O) groups is 1. The van der Waals surface area contributed by atoms with E-state index in [1.54, 1.807) is 12.3 Å². The first-order chi connectivity index (χ1) is 12.6. The molecule has 0 spiro atoms. The average Bonchev–Trinajstić information content (AvgIpc) is 2.62. The summed E-state index contributed by atoms with van der Waals surface area (Å²) in [7, 11) is 0. The molecule has 2 atom stereocenters. The molecule has 2 heterocycles. The number of nitrogens with one attached hydrogen (secondary N) is 2. The van der Waals surface area contributed by atoms with Crippen LogP contribution in [-0.2, 0) is 12.8 Å². The number of fused-ring (bicyclic) bond motifs is 2. The van der Waals surface area contributed by atoms with Gasteiger partial charge in [-0.1, -0.05) is 23.7 Å². The van der Waals surface area contributed by atoms with Crippen molar-refractivity contribution >= 4 is 23.3 Å². The molecule has 1 aliphatic carbocycles. The molecule has 0 saturated heterocycles. The Hall–Kier alpha value is -2.31. The van der Waals surface area contributed by atoms with Crippen molar-refractivity contribution < 1.29 is 9.53 Å². The Morgan fingerprint density at radius 2 is 2.23 bits per heavy atom. The molecule has 4 rings (SSSR count). The van der Waals surface area contributed by atoms with Crippen molar-refractivity contribution in [1.82, 2.24) is 10.3 Å². The minimum atomic E-state index is -0.273. The highest BCUT2D eigenvalue weighted by atomic mass is 35.5. The zero-order valence-corrected chi connectivity index (χ0v) is 15.1. The van der Waals surface area contributed by atoms with Gasteiger partial charge in [-0.15, -0.1) is 0 Å². The number of pyridine rings is 1. The second kappa shape index (κ2) is 7.13. The molecular weight excluding hydrogens is 352 g/mol. The predicted molar refractivity (Wildman–Crippen MR) is 101 cm³/mol. The number of halogens is 1. The molecule has 2 aromatic rings. The van der Waals surface area contributed by atoms with Crippen molar-refractivity contribution in [2.75, 3.05) is 11.9 Å². The number of amides is 2. The van der Waals surface area contributed by atoms with E-state index >= 15 is 0 Å². The molecule has 0 radical (unpaired) electrons. The predicted octanol–water partition coefficient (Wildman–Crippen LogP) is 3.20. The number of hydrogen-bond acceptors (Lipinski definition) is 4. The van der Waals surface area contributed by atoms with Gasteiger partial charge in [-0.3, -0.25) is 4.98 Å². The molecule has 2 unspecified atom stereocenters. The summed E-state index contributed by atoms with van der Waals surface area (Å²) in [5, 5.41) is 6.43. The number of aryl methyl sites for hydroxylation is 1. The summed E-state index contributed by atoms with van der Waals surface area (Å²) < 4.78 is 5.63. The number of para-hydroxylation sites is 1. The fraction of sp³-hybridized carbons (Fsp3) is 0.368. The molecule has 0 saturated carbocycles. The standard InChI is InChI=1S/C19H21ClN4O2/c20-15-3-1-2-14-17(6-7-26-18(14)15)24-19(25)23-13-9-11-8-12(21)4-5-16(11)22-10-13/h1-3,9-10,12,17H,4-8,21H2,(H2,23,24,25). The SMILES string of the molecule is NC1CCc2ncc(NC(=O)NC3CCOc4c(Cl)cccc43)cc2C1. The Bertz CT molecular complexity index is 842. The van der Waals surface area contributed by atoms with Gasteiger partial charge in [0.1, 0.15) is 5.75 Å². The monoisotopic (exact) mass is 372 g/mol. The van der Waals surface area contributed by atoms with Crippen LogP contribution in [0, 0.1) is 0 Å². The second-order valence-electron chi connectivity index (χ2n) is 6.78. The lowest BCUT2D eigenvalue weighted by Crippen LogP contribution is -2.35. The first kappa shape index (κ1) is 17.1. The molecular formula is C19H21ClN4O2. The molecule has 2 amide bonds. The smallest absolute Gasteiger partial charge is 0.319 e. The zero-order chi connectivity index (χ0) is 18.1. The quantitative estimate of drug-likeness (QED) is 0.755. The Morgan fingerprint density at radius 1 is 1.35 bits per heavy atom. The molecule has 1 aromatic carbocycles. The van der Waals surface area contributed by atoms with E-state index in [-0.39, 0.29) is 18.1 Å². The molecule has 4 N–H and O–H groups in total. The van der Waals surface area contributed by atoms with Crippen LogP contribution in [0.5, 0.6) is 5.75 Å². The maximum absolute atomic E-state index is 12.5. The minimum absolute atomic E-state index is 0.142. The number of nitrogens with two attached hydrogens (primary N) is 1. The van der Waals surface area contributed by atoms with Gasteiger partial charge < -0.3 is 21.1 Å². The summed E-state index contributed by atoms with van der Waals surface area (Å²) in [6.07, 6.45) is 5.04. The van der Waals surface area contributed by atoms with E-state index in [2.05, 4.69) is 15.6 Å². The number of nitrogens with zero attached hydrogens (tertiary/aromatic N) is 1. The van der Waals surface area contributed by atoms with Gasteiger partial charge >= 0.3 is 6.03 Å². The van der Waals surface area contributed by atoms with Gasteiger partial charge in [0.05, 0.1) is 29.6 Å². The molecule has 1 aromatic heterocycles. The lowest BCUT2D eigenvalue weighted by Gasteiger charge is -2.27. The summed E-state index contributed by atoms with van der Waals surface area (Å²) in [6.45, 7) is 0.514. The molecule has 6 nitrogen and oxygen atoms in total. The van der Waals surface area contributed by atoms with Crippen LogP contribution >= 0.6 is 11.6 Å². The van der Waals surface area contributed by atoms with Crippen molar-refractivity contribution in [3.8, 4) is 5.75 Å². The number of aromatic nitrogens is 1. The van der Waals surface area contributed by atoms with Gasteiger partial charge in [0.25, 0.3) is 0 Å². The molecule has 2 aliphatic rings. The fourth-order valence-corrected chi connectivity index (χ4v) is 3.81. The maximum atomic E-state index is 12.5. The fourth-order valence-electron chi connectivity index (χ4n) is 3.58. The minimum Gasteiger partial charge on any atom is -0.492 e. The van der Waals surface area contributed by atoms with Crippen LogP contribution in [0.2, 0.25) is 5.02 Å². The average molecular weight is 373 g/mol. The molecule has 136 valence electrons. The van der Waals surface area contributed by atoms with Crippen molar-refractivity contribution in [2.45, 2.75) is 37.8 Å². The third kappa shape index (κ3) is 3.48. The summed E-state index contributed by atoms with van der Waals surface area (Å²) in [4.78, 5) is 16.9. The van der Waals surface area contributed by atoms with Gasteiger partial charge in [0, 0.05) is 23.7 Å². The lowest BCUT2D eigenvalue weighted by molar-refractivity contribution is 0.232. The third-order valence-corrected chi connectivity index (χ3v) is 5.18. The van der Waals surface area contributed by atoms with E-state index in [9.17, 15) is 4.79 Å². The Morgan fingerprint density at radius 3 is 3.12 bits per heavy atom. The van der Waals surface area contributed by atoms with Crippen molar-refractivity contribution in [1.29, 1.82) is 0 Å². The number of anilines is 1. The van der Waals surface area contributed by atoms with E-state index in [1.165, 1.54) is 0 Å². The Labute approximate surface area is 157 Å². The summed E-state index contributed by atoms with van der Waals surface area (Å²) in [5.74, 6) is 0.648. The third-order valence-electron chi connectivity index (χ3n) is 4.88. The maximum Gasteiger partial charge on any atom is 0.319 e. The van der Waals surface area contributed by atoms with Crippen molar-refractivity contribution in [3.63, 3.8) is 0 Å². The molecule has 1 aliphatic heterocycles. The van der Waals surface area contributed by atoms with Gasteiger partial charge in [0.2, 0.25) is 0 Å². The lowest BCUT2D eigenvalue weighted by atomic mass is 9.92. The summed E-state index contributed by atoms with van der Waals surface area (Å²) in [6, 6.07) is 7.28. The van der Waals surface area contributed by atoms with Crippen LogP contribution in [0.3, 0.4) is 0 Å². The van der Waals surface area contributed by atoms with E-state index in [0.717, 1.165) is 36.1 Å². The van der Waals surface area contributed by atoms with E-state index in [1.807, 2.05) is 18.2 Å². The van der Waals surface area contributed by atoms with E-state index < -0.39 is 0 Å². The van der Waals surface area contributed by atoms with E-state index in [4.69, 9.17) is 22.1 Å². The Kier molecular flexibility index (Phi) is 4.70. The van der Waals surface area contributed by atoms with Crippen LogP contribution in [-0.4, -0.2) is 23.7 Å². The summed E-state index contributed by atoms with van der Waals surface area (Å²) >= 11 is 6.18. The van der Waals surface area contributed by atoms with Crippen LogP contribution in [0.25, 0.3) is 0 Å². The zero-order valence-electron chi connectivity index (χ0n) is 14.3. The Balaban J connectivity index is 1.46. The topological polar surface area (TPSA) is 89.3 Å². The van der Waals surface area contributed by atoms with E-state index in [0.29, 0.717) is 29.5 Å². The van der Waals surface area contributed by atoms with Crippen LogP contribution in [0.4, 0.5) is 10.5 Å². The highest BCUT2D eigenvalue weighted by Gasteiger charge is 2.25. The van der Waals surface area contributed by atoms with Crippen LogP contribution in [0.1, 0.15) is 35.7 Å². The van der Waals surface area contributed by atoms with Crippen molar-refractivity contribution in [3.05, 3.63) is 52.3 Å². The normalized spacial score (nSPS) is 21.2. The molecule has 0 fully saturated rings. The second-order valence-corrected chi connectivity index (χ2v) is 7.19. The van der Waals surface area contributed by atoms with Gasteiger partial charge in [-0.25, -0.2) is 4.79 Å². The molecule has 7 heteroatoms. The largest absolute Gasteiger partial charge is 0.492 e. The first-order valence-corrected chi connectivity index (χ1v) is 9.20. The van der Waals surface area contributed by atoms with Crippen LogP contribution < -0.4 is 21.1 Å². The number of ether oxygens (including phenoxy) is 1. The number of carbonyl (C=O) groups excluding carboxylic acids is 1. The highest BCUT2D eigenvalue weighted by Crippen LogP contribution is 2.37. The van der Waals surface area contributed by atoms with Gasteiger partial charge in [-0.2, -0.15) is 0 Å². The molecule has 26 heavy (non-hydrogen) atoms. The number of hydrogen-bond donors (Lipinski definition) is 3. The van der Waals surface area contributed by atoms with Crippen molar-refractivity contribution in [2.24, 2.45) is 5.73 Å². The van der Waals surface area contributed by atoms with Gasteiger partial charge in [-0.05, 0) is 37.0 Å².